The molecule has 0 aromatic carbocycles. The molecule has 120 valence electrons. The van der Waals surface area contributed by atoms with Crippen molar-refractivity contribution in [2.45, 2.75) is 6.54 Å². The summed E-state index contributed by atoms with van der Waals surface area (Å²) in [6, 6.07) is 7.44. The van der Waals surface area contributed by atoms with Crippen molar-refractivity contribution in [3.63, 3.8) is 0 Å². The van der Waals surface area contributed by atoms with E-state index in [0.717, 1.165) is 24.5 Å². The Morgan fingerprint density at radius 1 is 1.22 bits per heavy atom. The highest BCUT2D eigenvalue weighted by Gasteiger charge is 2.24. The first-order valence-electron chi connectivity index (χ1n) is 7.66. The second-order valence-corrected chi connectivity index (χ2v) is 5.43. The molecular weight excluding hydrogens is 292 g/mol. The van der Waals surface area contributed by atoms with Crippen molar-refractivity contribution in [3.05, 3.63) is 54.0 Å². The van der Waals surface area contributed by atoms with Crippen LogP contribution in [0.3, 0.4) is 0 Å². The van der Waals surface area contributed by atoms with Gasteiger partial charge in [0, 0.05) is 63.0 Å². The zero-order valence-electron chi connectivity index (χ0n) is 13.2. The quantitative estimate of drug-likeness (QED) is 0.858. The second kappa shape index (κ2) is 7.19. The molecule has 3 heterocycles. The van der Waals surface area contributed by atoms with Crippen LogP contribution in [0.15, 0.2) is 42.9 Å². The molecule has 6 nitrogen and oxygen atoms in total. The molecule has 0 atom stereocenters. The predicted molar refractivity (Wildman–Crippen MR) is 87.3 cm³/mol. The first-order valence-corrected chi connectivity index (χ1v) is 7.66. The van der Waals surface area contributed by atoms with E-state index in [1.807, 2.05) is 17.0 Å². The number of pyridine rings is 2. The summed E-state index contributed by atoms with van der Waals surface area (Å²) in [6.07, 6.45) is 5.08. The van der Waals surface area contributed by atoms with E-state index in [0.29, 0.717) is 25.3 Å². The predicted octanol–water partition coefficient (Wildman–Crippen LogP) is 1.59. The van der Waals surface area contributed by atoms with E-state index in [9.17, 15) is 4.79 Å². The molecule has 2 aromatic rings. The number of anilines is 1. The van der Waals surface area contributed by atoms with E-state index in [1.54, 1.807) is 37.8 Å². The number of hydrogen-bond acceptors (Lipinski definition) is 5. The van der Waals surface area contributed by atoms with Crippen LogP contribution in [0.25, 0.3) is 0 Å². The van der Waals surface area contributed by atoms with E-state index in [4.69, 9.17) is 4.74 Å². The maximum atomic E-state index is 12.7. The molecular formula is C17H20N4O2. The molecule has 0 aliphatic carbocycles. The lowest BCUT2D eigenvalue weighted by molar-refractivity contribution is 0.0751. The number of carbonyl (C=O) groups excluding carboxylic acids is 1. The normalized spacial score (nSPS) is 14.3. The largest absolute Gasteiger partial charge is 0.383 e. The number of fused-ring (bicyclic) bond motifs is 1. The Morgan fingerprint density at radius 2 is 2.04 bits per heavy atom. The Hall–Kier alpha value is -2.47. The van der Waals surface area contributed by atoms with Gasteiger partial charge in [-0.1, -0.05) is 6.07 Å². The molecule has 0 N–H and O–H groups in total. The number of methoxy groups -OCH3 is 1. The summed E-state index contributed by atoms with van der Waals surface area (Å²) >= 11 is 0. The number of hydrogen-bond donors (Lipinski definition) is 0. The van der Waals surface area contributed by atoms with Crippen LogP contribution in [0.4, 0.5) is 5.82 Å². The van der Waals surface area contributed by atoms with Crippen molar-refractivity contribution in [2.75, 3.05) is 38.3 Å². The van der Waals surface area contributed by atoms with Crippen LogP contribution in [0.5, 0.6) is 0 Å². The molecule has 0 spiro atoms. The monoisotopic (exact) mass is 312 g/mol. The molecule has 1 aliphatic heterocycles. The van der Waals surface area contributed by atoms with Crippen molar-refractivity contribution in [1.82, 2.24) is 14.9 Å². The van der Waals surface area contributed by atoms with Crippen LogP contribution in [-0.2, 0) is 11.3 Å². The zero-order chi connectivity index (χ0) is 16.1. The van der Waals surface area contributed by atoms with Crippen LogP contribution in [0.1, 0.15) is 15.9 Å². The van der Waals surface area contributed by atoms with Gasteiger partial charge < -0.3 is 14.5 Å². The van der Waals surface area contributed by atoms with Gasteiger partial charge in [0.2, 0.25) is 0 Å². The zero-order valence-corrected chi connectivity index (χ0v) is 13.2. The molecule has 0 saturated heterocycles. The molecule has 3 rings (SSSR count). The van der Waals surface area contributed by atoms with Gasteiger partial charge >= 0.3 is 0 Å². The molecule has 6 heteroatoms. The molecule has 0 bridgehead atoms. The Kier molecular flexibility index (Phi) is 4.83. The standard InChI is InChI=1S/C17H20N4O2/c1-23-12-11-20-9-10-21(13-15-3-2-6-19-16(15)20)17(22)14-4-7-18-8-5-14/h2-8H,9-13H2,1H3. The average Bonchev–Trinajstić information content (AvgIpc) is 2.79. The van der Waals surface area contributed by atoms with Crippen molar-refractivity contribution >= 4 is 11.7 Å². The minimum atomic E-state index is 0.0239. The van der Waals surface area contributed by atoms with Crippen LogP contribution in [-0.4, -0.2) is 54.1 Å². The third-order valence-corrected chi connectivity index (χ3v) is 3.95. The number of ether oxygens (including phenoxy) is 1. The molecule has 23 heavy (non-hydrogen) atoms. The van der Waals surface area contributed by atoms with Crippen molar-refractivity contribution in [1.29, 1.82) is 0 Å². The average molecular weight is 312 g/mol. The van der Waals surface area contributed by atoms with Gasteiger partial charge in [0.25, 0.3) is 5.91 Å². The Labute approximate surface area is 135 Å². The van der Waals surface area contributed by atoms with Gasteiger partial charge in [0.05, 0.1) is 6.61 Å². The summed E-state index contributed by atoms with van der Waals surface area (Å²) in [6.45, 7) is 3.35. The number of rotatable bonds is 4. The first-order chi connectivity index (χ1) is 11.3. The molecule has 0 fully saturated rings. The minimum absolute atomic E-state index is 0.0239. The second-order valence-electron chi connectivity index (χ2n) is 5.43. The maximum absolute atomic E-state index is 12.7. The SMILES string of the molecule is COCCN1CCN(C(=O)c2ccncc2)Cc2cccnc21. The molecule has 2 aromatic heterocycles. The lowest BCUT2D eigenvalue weighted by atomic mass is 10.2. The third kappa shape index (κ3) is 3.48. The van der Waals surface area contributed by atoms with E-state index in [2.05, 4.69) is 14.9 Å². The van der Waals surface area contributed by atoms with Crippen LogP contribution >= 0.6 is 0 Å². The van der Waals surface area contributed by atoms with Crippen molar-refractivity contribution in [2.24, 2.45) is 0 Å². The number of amides is 1. The molecule has 1 aliphatic rings. The maximum Gasteiger partial charge on any atom is 0.254 e. The van der Waals surface area contributed by atoms with Gasteiger partial charge in [-0.2, -0.15) is 0 Å². The van der Waals surface area contributed by atoms with Gasteiger partial charge in [-0.05, 0) is 18.2 Å². The van der Waals surface area contributed by atoms with Gasteiger partial charge in [0.1, 0.15) is 5.82 Å². The third-order valence-electron chi connectivity index (χ3n) is 3.95. The molecule has 1 amide bonds. The number of aromatic nitrogens is 2. The van der Waals surface area contributed by atoms with Crippen molar-refractivity contribution in [3.8, 4) is 0 Å². The fourth-order valence-electron chi connectivity index (χ4n) is 2.74. The Bertz CT molecular complexity index is 663. The topological polar surface area (TPSA) is 58.6 Å². The lowest BCUT2D eigenvalue weighted by Gasteiger charge is -2.23. The molecule has 0 radical (unpaired) electrons. The summed E-state index contributed by atoms with van der Waals surface area (Å²) in [5.74, 6) is 0.963. The van der Waals surface area contributed by atoms with Gasteiger partial charge in [-0.25, -0.2) is 4.98 Å². The molecule has 0 unspecified atom stereocenters. The van der Waals surface area contributed by atoms with Gasteiger partial charge in [-0.3, -0.25) is 9.78 Å². The van der Waals surface area contributed by atoms with Crippen LogP contribution < -0.4 is 4.90 Å². The number of carbonyl (C=O) groups is 1. The molecule has 0 saturated carbocycles. The van der Waals surface area contributed by atoms with Crippen molar-refractivity contribution < 1.29 is 9.53 Å². The van der Waals surface area contributed by atoms with E-state index in [1.165, 1.54) is 0 Å². The highest BCUT2D eigenvalue weighted by Crippen LogP contribution is 2.23. The fraction of sp³-hybridized carbons (Fsp3) is 0.353. The Balaban J connectivity index is 1.84. The fourth-order valence-corrected chi connectivity index (χ4v) is 2.74. The smallest absolute Gasteiger partial charge is 0.254 e. The summed E-state index contributed by atoms with van der Waals surface area (Å²) in [4.78, 5) is 25.2. The van der Waals surface area contributed by atoms with E-state index in [-0.39, 0.29) is 5.91 Å². The number of nitrogens with zero attached hydrogens (tertiary/aromatic N) is 4. The van der Waals surface area contributed by atoms with Gasteiger partial charge in [0.15, 0.2) is 0 Å². The Morgan fingerprint density at radius 3 is 2.83 bits per heavy atom. The summed E-state index contributed by atoms with van der Waals surface area (Å²) in [5, 5.41) is 0. The first kappa shape index (κ1) is 15.4. The summed E-state index contributed by atoms with van der Waals surface area (Å²) in [7, 11) is 1.69. The summed E-state index contributed by atoms with van der Waals surface area (Å²) < 4.78 is 5.19. The van der Waals surface area contributed by atoms with E-state index >= 15 is 0 Å². The van der Waals surface area contributed by atoms with Gasteiger partial charge in [-0.15, -0.1) is 0 Å². The van der Waals surface area contributed by atoms with Crippen LogP contribution in [0, 0.1) is 0 Å². The van der Waals surface area contributed by atoms with E-state index < -0.39 is 0 Å². The minimum Gasteiger partial charge on any atom is -0.383 e. The highest BCUT2D eigenvalue weighted by atomic mass is 16.5. The highest BCUT2D eigenvalue weighted by molar-refractivity contribution is 5.94. The van der Waals surface area contributed by atoms with Crippen LogP contribution in [0.2, 0.25) is 0 Å². The lowest BCUT2D eigenvalue weighted by Crippen LogP contribution is -2.36. The summed E-state index contributed by atoms with van der Waals surface area (Å²) in [5.41, 5.74) is 1.72.